The van der Waals surface area contributed by atoms with E-state index in [4.69, 9.17) is 0 Å². The maximum Gasteiger partial charge on any atom is 0.251 e. The standard InChI is InChI=1S/C17H22N2OS/c1-4-14(16-7-6-10-21-16)19-15-11-13(9-8-12(15)3)17(20)18-5-2/h6-11,14,19H,4-5H2,1-3H3,(H,18,20). The Labute approximate surface area is 130 Å². The van der Waals surface area contributed by atoms with Crippen LogP contribution in [0.2, 0.25) is 0 Å². The number of anilines is 1. The first-order chi connectivity index (χ1) is 10.2. The monoisotopic (exact) mass is 302 g/mol. The second-order valence-electron chi connectivity index (χ2n) is 5.01. The van der Waals surface area contributed by atoms with Gasteiger partial charge in [-0.1, -0.05) is 19.1 Å². The van der Waals surface area contributed by atoms with Crippen LogP contribution < -0.4 is 10.6 Å². The van der Waals surface area contributed by atoms with Gasteiger partial charge in [-0.2, -0.15) is 0 Å². The molecule has 0 radical (unpaired) electrons. The maximum absolute atomic E-state index is 12.0. The number of carbonyl (C=O) groups excluding carboxylic acids is 1. The molecule has 112 valence electrons. The summed E-state index contributed by atoms with van der Waals surface area (Å²) in [6.45, 7) is 6.79. The number of aryl methyl sites for hydroxylation is 1. The van der Waals surface area contributed by atoms with Crippen molar-refractivity contribution in [2.75, 3.05) is 11.9 Å². The second-order valence-corrected chi connectivity index (χ2v) is 5.99. The second kappa shape index (κ2) is 7.27. The predicted molar refractivity (Wildman–Crippen MR) is 90.2 cm³/mol. The van der Waals surface area contributed by atoms with Gasteiger partial charge in [0.1, 0.15) is 0 Å². The van der Waals surface area contributed by atoms with Gasteiger partial charge in [0, 0.05) is 22.7 Å². The smallest absolute Gasteiger partial charge is 0.251 e. The molecule has 1 heterocycles. The van der Waals surface area contributed by atoms with Crippen molar-refractivity contribution in [3.8, 4) is 0 Å². The van der Waals surface area contributed by atoms with Crippen molar-refractivity contribution in [2.24, 2.45) is 0 Å². The zero-order chi connectivity index (χ0) is 15.2. The molecule has 1 amide bonds. The van der Waals surface area contributed by atoms with Crippen molar-refractivity contribution in [1.29, 1.82) is 0 Å². The van der Waals surface area contributed by atoms with Gasteiger partial charge < -0.3 is 10.6 Å². The Morgan fingerprint density at radius 1 is 1.29 bits per heavy atom. The van der Waals surface area contributed by atoms with Gasteiger partial charge in [0.05, 0.1) is 6.04 Å². The van der Waals surface area contributed by atoms with E-state index in [0.29, 0.717) is 12.1 Å². The number of carbonyl (C=O) groups is 1. The van der Waals surface area contributed by atoms with E-state index in [1.807, 2.05) is 25.1 Å². The summed E-state index contributed by atoms with van der Waals surface area (Å²) in [4.78, 5) is 13.3. The Kier molecular flexibility index (Phi) is 5.39. The zero-order valence-electron chi connectivity index (χ0n) is 12.8. The molecule has 0 fully saturated rings. The van der Waals surface area contributed by atoms with E-state index in [9.17, 15) is 4.79 Å². The lowest BCUT2D eigenvalue weighted by Crippen LogP contribution is -2.22. The van der Waals surface area contributed by atoms with Crippen molar-refractivity contribution in [3.05, 3.63) is 51.7 Å². The minimum atomic E-state index is -0.0234. The minimum Gasteiger partial charge on any atom is -0.377 e. The summed E-state index contributed by atoms with van der Waals surface area (Å²) in [5.74, 6) is -0.0234. The molecule has 21 heavy (non-hydrogen) atoms. The molecule has 1 unspecified atom stereocenters. The van der Waals surface area contributed by atoms with Crippen molar-refractivity contribution in [3.63, 3.8) is 0 Å². The van der Waals surface area contributed by atoms with Gasteiger partial charge in [-0.25, -0.2) is 0 Å². The minimum absolute atomic E-state index is 0.0234. The van der Waals surface area contributed by atoms with E-state index in [1.54, 1.807) is 11.3 Å². The molecule has 2 rings (SSSR count). The first-order valence-corrected chi connectivity index (χ1v) is 8.22. The van der Waals surface area contributed by atoms with Crippen LogP contribution in [-0.2, 0) is 0 Å². The molecule has 3 nitrogen and oxygen atoms in total. The van der Waals surface area contributed by atoms with E-state index in [2.05, 4.69) is 42.0 Å². The lowest BCUT2D eigenvalue weighted by Gasteiger charge is -2.19. The van der Waals surface area contributed by atoms with Crippen LogP contribution in [0.5, 0.6) is 0 Å². The Balaban J connectivity index is 2.22. The van der Waals surface area contributed by atoms with Crippen LogP contribution in [0.3, 0.4) is 0 Å². The Bertz CT molecular complexity index is 593. The van der Waals surface area contributed by atoms with Crippen LogP contribution in [0, 0.1) is 6.92 Å². The van der Waals surface area contributed by atoms with Gasteiger partial charge in [0.15, 0.2) is 0 Å². The van der Waals surface area contributed by atoms with Gasteiger partial charge in [-0.15, -0.1) is 11.3 Å². The van der Waals surface area contributed by atoms with Crippen molar-refractivity contribution in [1.82, 2.24) is 5.32 Å². The van der Waals surface area contributed by atoms with Crippen molar-refractivity contribution in [2.45, 2.75) is 33.2 Å². The van der Waals surface area contributed by atoms with Gasteiger partial charge in [-0.3, -0.25) is 4.79 Å². The number of benzene rings is 1. The summed E-state index contributed by atoms with van der Waals surface area (Å²) in [5.41, 5.74) is 2.88. The molecule has 2 aromatic rings. The summed E-state index contributed by atoms with van der Waals surface area (Å²) in [7, 11) is 0. The van der Waals surface area contributed by atoms with E-state index >= 15 is 0 Å². The fourth-order valence-electron chi connectivity index (χ4n) is 2.23. The molecule has 0 aliphatic heterocycles. The molecular weight excluding hydrogens is 280 g/mol. The van der Waals surface area contributed by atoms with Crippen LogP contribution in [0.4, 0.5) is 5.69 Å². The summed E-state index contributed by atoms with van der Waals surface area (Å²) in [5, 5.41) is 8.50. The summed E-state index contributed by atoms with van der Waals surface area (Å²) in [6.07, 6.45) is 1.01. The van der Waals surface area contributed by atoms with Crippen LogP contribution in [0.1, 0.15) is 47.1 Å². The molecule has 0 aliphatic carbocycles. The number of amides is 1. The lowest BCUT2D eigenvalue weighted by atomic mass is 10.1. The van der Waals surface area contributed by atoms with E-state index < -0.39 is 0 Å². The third kappa shape index (κ3) is 3.85. The average molecular weight is 302 g/mol. The first-order valence-electron chi connectivity index (χ1n) is 7.34. The molecule has 0 aliphatic rings. The third-order valence-corrected chi connectivity index (χ3v) is 4.45. The normalized spacial score (nSPS) is 12.0. The van der Waals surface area contributed by atoms with Crippen molar-refractivity contribution >= 4 is 22.9 Å². The average Bonchev–Trinajstić information content (AvgIpc) is 3.00. The fourth-order valence-corrected chi connectivity index (χ4v) is 3.09. The van der Waals surface area contributed by atoms with Crippen molar-refractivity contribution < 1.29 is 4.79 Å². The quantitative estimate of drug-likeness (QED) is 0.832. The highest BCUT2D eigenvalue weighted by atomic mass is 32.1. The van der Waals surface area contributed by atoms with Gasteiger partial charge in [-0.05, 0) is 49.4 Å². The first kappa shape index (κ1) is 15.6. The number of rotatable bonds is 6. The molecule has 1 aromatic heterocycles. The number of hydrogen-bond donors (Lipinski definition) is 2. The lowest BCUT2D eigenvalue weighted by molar-refractivity contribution is 0.0956. The van der Waals surface area contributed by atoms with Gasteiger partial charge >= 0.3 is 0 Å². The third-order valence-electron chi connectivity index (χ3n) is 3.46. The Morgan fingerprint density at radius 2 is 2.10 bits per heavy atom. The summed E-state index contributed by atoms with van der Waals surface area (Å²) in [6, 6.07) is 10.3. The molecule has 0 saturated heterocycles. The highest BCUT2D eigenvalue weighted by molar-refractivity contribution is 7.10. The van der Waals surface area contributed by atoms with Crippen LogP contribution in [0.15, 0.2) is 35.7 Å². The highest BCUT2D eigenvalue weighted by Crippen LogP contribution is 2.28. The van der Waals surface area contributed by atoms with Crippen LogP contribution in [0.25, 0.3) is 0 Å². The van der Waals surface area contributed by atoms with E-state index in [0.717, 1.165) is 17.7 Å². The van der Waals surface area contributed by atoms with E-state index in [1.165, 1.54) is 4.88 Å². The topological polar surface area (TPSA) is 41.1 Å². The maximum atomic E-state index is 12.0. The van der Waals surface area contributed by atoms with Gasteiger partial charge in [0.2, 0.25) is 0 Å². The number of thiophene rings is 1. The van der Waals surface area contributed by atoms with Crippen LogP contribution >= 0.6 is 11.3 Å². The highest BCUT2D eigenvalue weighted by Gasteiger charge is 2.13. The summed E-state index contributed by atoms with van der Waals surface area (Å²) >= 11 is 1.76. The number of nitrogens with one attached hydrogen (secondary N) is 2. The molecule has 0 spiro atoms. The molecule has 0 saturated carbocycles. The zero-order valence-corrected chi connectivity index (χ0v) is 13.6. The SMILES string of the molecule is CCNC(=O)c1ccc(C)c(NC(CC)c2cccs2)c1. The summed E-state index contributed by atoms with van der Waals surface area (Å²) < 4.78 is 0. The Morgan fingerprint density at radius 3 is 2.71 bits per heavy atom. The largest absolute Gasteiger partial charge is 0.377 e. The molecule has 4 heteroatoms. The Hall–Kier alpha value is -1.81. The van der Waals surface area contributed by atoms with E-state index in [-0.39, 0.29) is 11.9 Å². The predicted octanol–water partition coefficient (Wildman–Crippen LogP) is 4.37. The fraction of sp³-hybridized carbons (Fsp3) is 0.353. The molecule has 1 atom stereocenters. The number of hydrogen-bond acceptors (Lipinski definition) is 3. The molecule has 2 N–H and O–H groups in total. The molecule has 1 aromatic carbocycles. The molecule has 0 bridgehead atoms. The van der Waals surface area contributed by atoms with Gasteiger partial charge in [0.25, 0.3) is 5.91 Å². The van der Waals surface area contributed by atoms with Crippen LogP contribution in [-0.4, -0.2) is 12.5 Å². The molecular formula is C17H22N2OS.